The summed E-state index contributed by atoms with van der Waals surface area (Å²) in [5.74, 6) is -0.207. The Balaban J connectivity index is 1.58. The van der Waals surface area contributed by atoms with Crippen LogP contribution < -0.4 is 10.5 Å². The molecule has 0 spiro atoms. The summed E-state index contributed by atoms with van der Waals surface area (Å²) < 4.78 is 2.12. The summed E-state index contributed by atoms with van der Waals surface area (Å²) in [6, 6.07) is 15.4. The molecule has 2 fully saturated rings. The lowest BCUT2D eigenvalue weighted by Gasteiger charge is -2.37. The number of benzene rings is 2. The van der Waals surface area contributed by atoms with Gasteiger partial charge >= 0.3 is 0 Å². The highest BCUT2D eigenvalue weighted by molar-refractivity contribution is 8.26. The standard InChI is InChI=1S/C27H27ClN4O2S2/c1-3-30-12-14-31(15-13-30)24-19-9-5-7-11-22(19)29(2)25(33)20(24)16-23-26(34)32(27(35)36-23)17-18-8-4-6-10-21(18)28/h4-11,16H,3,12-15,17H2,1-2H3. The van der Waals surface area contributed by atoms with E-state index < -0.39 is 0 Å². The minimum atomic E-state index is -0.207. The van der Waals surface area contributed by atoms with Crippen LogP contribution in [-0.4, -0.2) is 57.3 Å². The molecule has 1 aromatic heterocycles. The molecule has 0 bridgehead atoms. The molecule has 3 aromatic rings. The summed E-state index contributed by atoms with van der Waals surface area (Å²) in [7, 11) is 1.78. The van der Waals surface area contributed by atoms with Crippen molar-refractivity contribution in [1.82, 2.24) is 14.4 Å². The van der Waals surface area contributed by atoms with E-state index in [0.717, 1.165) is 54.9 Å². The summed E-state index contributed by atoms with van der Waals surface area (Å²) in [6.07, 6.45) is 1.74. The van der Waals surface area contributed by atoms with Crippen LogP contribution in [0.3, 0.4) is 0 Å². The maximum Gasteiger partial charge on any atom is 0.266 e. The van der Waals surface area contributed by atoms with Gasteiger partial charge in [-0.3, -0.25) is 14.5 Å². The van der Waals surface area contributed by atoms with Crippen LogP contribution in [0, 0.1) is 0 Å². The zero-order valence-electron chi connectivity index (χ0n) is 20.2. The van der Waals surface area contributed by atoms with E-state index >= 15 is 0 Å². The third-order valence-corrected chi connectivity index (χ3v) is 8.63. The number of anilines is 1. The number of nitrogens with zero attached hydrogens (tertiary/aromatic N) is 4. The molecular weight excluding hydrogens is 512 g/mol. The Morgan fingerprint density at radius 1 is 1.03 bits per heavy atom. The highest BCUT2D eigenvalue weighted by atomic mass is 35.5. The number of amides is 1. The maximum absolute atomic E-state index is 13.7. The number of piperazine rings is 1. The van der Waals surface area contributed by atoms with Crippen molar-refractivity contribution in [3.05, 3.63) is 79.9 Å². The predicted octanol–water partition coefficient (Wildman–Crippen LogP) is 4.74. The largest absolute Gasteiger partial charge is 0.368 e. The summed E-state index contributed by atoms with van der Waals surface area (Å²) in [5.41, 5.74) is 2.99. The highest BCUT2D eigenvalue weighted by Gasteiger charge is 2.33. The van der Waals surface area contributed by atoms with E-state index in [9.17, 15) is 9.59 Å². The zero-order valence-corrected chi connectivity index (χ0v) is 22.6. The Bertz CT molecular complexity index is 1440. The fourth-order valence-corrected chi connectivity index (χ4v) is 6.26. The normalized spacial score (nSPS) is 18.1. The number of hydrogen-bond donors (Lipinski definition) is 0. The first-order valence-electron chi connectivity index (χ1n) is 12.0. The summed E-state index contributed by atoms with van der Waals surface area (Å²) >= 11 is 13.1. The zero-order chi connectivity index (χ0) is 25.4. The van der Waals surface area contributed by atoms with Gasteiger partial charge in [-0.25, -0.2) is 0 Å². The number of aryl methyl sites for hydroxylation is 1. The third-order valence-electron chi connectivity index (χ3n) is 6.88. The van der Waals surface area contributed by atoms with Crippen LogP contribution in [-0.2, 0) is 18.4 Å². The van der Waals surface area contributed by atoms with Gasteiger partial charge in [-0.05, 0) is 30.3 Å². The van der Waals surface area contributed by atoms with Gasteiger partial charge < -0.3 is 14.4 Å². The molecule has 5 rings (SSSR count). The van der Waals surface area contributed by atoms with Gasteiger partial charge in [0.25, 0.3) is 11.5 Å². The molecule has 9 heteroatoms. The van der Waals surface area contributed by atoms with Crippen LogP contribution in [0.25, 0.3) is 17.0 Å². The first-order valence-corrected chi connectivity index (χ1v) is 13.6. The van der Waals surface area contributed by atoms with Crippen LogP contribution in [0.5, 0.6) is 0 Å². The second kappa shape index (κ2) is 10.4. The second-order valence-electron chi connectivity index (χ2n) is 8.92. The van der Waals surface area contributed by atoms with Gasteiger partial charge in [0, 0.05) is 43.6 Å². The number of thiocarbonyl (C=S) groups is 1. The number of hydrogen-bond acceptors (Lipinski definition) is 6. The highest BCUT2D eigenvalue weighted by Crippen LogP contribution is 2.37. The molecule has 0 saturated carbocycles. The fraction of sp³-hybridized carbons (Fsp3) is 0.296. The lowest BCUT2D eigenvalue weighted by Crippen LogP contribution is -2.47. The quantitative estimate of drug-likeness (QED) is 0.345. The van der Waals surface area contributed by atoms with E-state index in [0.29, 0.717) is 26.4 Å². The summed E-state index contributed by atoms with van der Waals surface area (Å²) in [6.45, 7) is 6.96. The Hall–Kier alpha value is -2.65. The number of thioether (sulfide) groups is 1. The van der Waals surface area contributed by atoms with E-state index in [-0.39, 0.29) is 11.5 Å². The molecule has 0 N–H and O–H groups in total. The second-order valence-corrected chi connectivity index (χ2v) is 11.0. The molecule has 0 radical (unpaired) electrons. The van der Waals surface area contributed by atoms with Gasteiger partial charge in [-0.2, -0.15) is 0 Å². The molecule has 0 unspecified atom stereocenters. The first-order chi connectivity index (χ1) is 17.4. The molecular formula is C27H27ClN4O2S2. The lowest BCUT2D eigenvalue weighted by atomic mass is 10.1. The van der Waals surface area contributed by atoms with Crippen molar-refractivity contribution >= 4 is 68.5 Å². The van der Waals surface area contributed by atoms with E-state index in [4.69, 9.17) is 23.8 Å². The van der Waals surface area contributed by atoms with Gasteiger partial charge in [0.05, 0.1) is 28.2 Å². The minimum Gasteiger partial charge on any atom is -0.368 e. The first kappa shape index (κ1) is 25.0. The van der Waals surface area contributed by atoms with Gasteiger partial charge in [0.2, 0.25) is 0 Å². The number of pyridine rings is 1. The minimum absolute atomic E-state index is 0.127. The molecule has 36 heavy (non-hydrogen) atoms. The number of likely N-dealkylation sites (N-methyl/N-ethyl adjacent to an activating group) is 1. The van der Waals surface area contributed by atoms with Crippen LogP contribution >= 0.6 is 35.6 Å². The molecule has 0 atom stereocenters. The molecule has 2 saturated heterocycles. The SMILES string of the molecule is CCN1CCN(c2c(C=C3SC(=S)N(Cc4ccccc4Cl)C3=O)c(=O)n(C)c3ccccc23)CC1. The van der Waals surface area contributed by atoms with E-state index in [2.05, 4.69) is 22.8 Å². The smallest absolute Gasteiger partial charge is 0.266 e. The van der Waals surface area contributed by atoms with Crippen molar-refractivity contribution in [2.45, 2.75) is 13.5 Å². The Labute approximate surface area is 225 Å². The number of fused-ring (bicyclic) bond motifs is 1. The third kappa shape index (κ3) is 4.59. The predicted molar refractivity (Wildman–Crippen MR) is 154 cm³/mol. The summed E-state index contributed by atoms with van der Waals surface area (Å²) in [5, 5.41) is 1.59. The molecule has 186 valence electrons. The van der Waals surface area contributed by atoms with E-state index in [1.807, 2.05) is 36.4 Å². The number of carbonyl (C=O) groups excluding carboxylic acids is 1. The van der Waals surface area contributed by atoms with Gasteiger partial charge in [0.15, 0.2) is 0 Å². The molecule has 3 heterocycles. The van der Waals surface area contributed by atoms with Gasteiger partial charge in [-0.1, -0.05) is 78.9 Å². The molecule has 1 amide bonds. The van der Waals surface area contributed by atoms with Crippen molar-refractivity contribution in [2.24, 2.45) is 7.05 Å². The van der Waals surface area contributed by atoms with Crippen LogP contribution in [0.15, 0.2) is 58.2 Å². The number of para-hydroxylation sites is 1. The fourth-order valence-electron chi connectivity index (χ4n) is 4.83. The van der Waals surface area contributed by atoms with Crippen molar-refractivity contribution in [1.29, 1.82) is 0 Å². The van der Waals surface area contributed by atoms with Crippen LogP contribution in [0.1, 0.15) is 18.1 Å². The van der Waals surface area contributed by atoms with E-state index in [1.165, 1.54) is 11.8 Å². The van der Waals surface area contributed by atoms with Crippen molar-refractivity contribution in [3.63, 3.8) is 0 Å². The average molecular weight is 539 g/mol. The van der Waals surface area contributed by atoms with Crippen molar-refractivity contribution in [3.8, 4) is 0 Å². The Morgan fingerprint density at radius 2 is 1.72 bits per heavy atom. The van der Waals surface area contributed by atoms with Gasteiger partial charge in [-0.15, -0.1) is 0 Å². The van der Waals surface area contributed by atoms with Crippen molar-refractivity contribution in [2.75, 3.05) is 37.6 Å². The van der Waals surface area contributed by atoms with Crippen LogP contribution in [0.4, 0.5) is 5.69 Å². The Morgan fingerprint density at radius 3 is 2.44 bits per heavy atom. The molecule has 2 aliphatic rings. The number of carbonyl (C=O) groups is 1. The summed E-state index contributed by atoms with van der Waals surface area (Å²) in [4.78, 5) is 33.8. The number of halogens is 1. The Kier molecular flexibility index (Phi) is 7.21. The van der Waals surface area contributed by atoms with E-state index in [1.54, 1.807) is 28.7 Å². The van der Waals surface area contributed by atoms with Crippen LogP contribution in [0.2, 0.25) is 5.02 Å². The molecule has 2 aliphatic heterocycles. The molecule has 6 nitrogen and oxygen atoms in total. The topological polar surface area (TPSA) is 48.8 Å². The number of aromatic nitrogens is 1. The van der Waals surface area contributed by atoms with Gasteiger partial charge in [0.1, 0.15) is 4.32 Å². The molecule has 2 aromatic carbocycles. The van der Waals surface area contributed by atoms with Crippen molar-refractivity contribution < 1.29 is 4.79 Å². The maximum atomic E-state index is 13.7. The average Bonchev–Trinajstić information content (AvgIpc) is 3.16. The lowest BCUT2D eigenvalue weighted by molar-refractivity contribution is -0.122. The monoisotopic (exact) mass is 538 g/mol. The number of rotatable bonds is 5. The molecule has 0 aliphatic carbocycles.